The number of rotatable bonds is 5. The predicted molar refractivity (Wildman–Crippen MR) is 104 cm³/mol. The molecule has 3 N–H and O–H groups in total. The Morgan fingerprint density at radius 3 is 2.82 bits per heavy atom. The van der Waals surface area contributed by atoms with Crippen molar-refractivity contribution in [1.82, 2.24) is 20.3 Å². The van der Waals surface area contributed by atoms with E-state index in [-0.39, 0.29) is 6.54 Å². The van der Waals surface area contributed by atoms with E-state index in [2.05, 4.69) is 31.5 Å². The molecule has 0 radical (unpaired) electrons. The first-order valence-corrected chi connectivity index (χ1v) is 8.85. The molecule has 0 bridgehead atoms. The maximum atomic E-state index is 10.8. The molecule has 2 aromatic heterocycles. The van der Waals surface area contributed by atoms with Crippen LogP contribution in [0, 0.1) is 0 Å². The van der Waals surface area contributed by atoms with E-state index >= 15 is 0 Å². The lowest BCUT2D eigenvalue weighted by molar-refractivity contribution is 0.193. The molecule has 0 aliphatic heterocycles. The van der Waals surface area contributed by atoms with Crippen LogP contribution in [0.15, 0.2) is 47.9 Å². The highest BCUT2D eigenvalue weighted by Gasteiger charge is 2.21. The molecule has 1 aliphatic rings. The van der Waals surface area contributed by atoms with Crippen LogP contribution in [0.3, 0.4) is 0 Å². The van der Waals surface area contributed by atoms with E-state index < -0.39 is 6.09 Å². The Kier molecular flexibility index (Phi) is 4.76. The summed E-state index contributed by atoms with van der Waals surface area (Å²) in [6.45, 7) is 0.100. The third-order valence-electron chi connectivity index (χ3n) is 4.65. The second-order valence-corrected chi connectivity index (χ2v) is 6.39. The van der Waals surface area contributed by atoms with Crippen LogP contribution in [-0.2, 0) is 17.8 Å². The molecule has 8 nitrogen and oxygen atoms in total. The third kappa shape index (κ3) is 3.44. The van der Waals surface area contributed by atoms with E-state index in [0.717, 1.165) is 46.6 Å². The van der Waals surface area contributed by atoms with Gasteiger partial charge in [0.1, 0.15) is 12.9 Å². The van der Waals surface area contributed by atoms with Crippen molar-refractivity contribution >= 4 is 11.8 Å². The zero-order chi connectivity index (χ0) is 19.5. The third-order valence-corrected chi connectivity index (χ3v) is 4.65. The van der Waals surface area contributed by atoms with Gasteiger partial charge in [0, 0.05) is 29.1 Å². The number of pyridine rings is 1. The van der Waals surface area contributed by atoms with E-state index in [1.807, 2.05) is 24.3 Å². The summed E-state index contributed by atoms with van der Waals surface area (Å²) in [5, 5.41) is 15.3. The van der Waals surface area contributed by atoms with Gasteiger partial charge in [-0.25, -0.2) is 9.78 Å². The first-order valence-electron chi connectivity index (χ1n) is 8.85. The van der Waals surface area contributed by atoms with Crippen LogP contribution in [0.25, 0.3) is 22.5 Å². The minimum absolute atomic E-state index is 0.100. The number of carbonyl (C=O) groups is 1. The quantitative estimate of drug-likeness (QED) is 0.591. The second-order valence-electron chi connectivity index (χ2n) is 6.39. The molecule has 0 saturated carbocycles. The van der Waals surface area contributed by atoms with Crippen LogP contribution < -0.4 is 5.32 Å². The maximum absolute atomic E-state index is 10.8. The zero-order valence-corrected chi connectivity index (χ0v) is 15.3. The molecule has 0 fully saturated rings. The highest BCUT2D eigenvalue weighted by atomic mass is 16.6. The van der Waals surface area contributed by atoms with Gasteiger partial charge in [-0.15, -0.1) is 0 Å². The van der Waals surface area contributed by atoms with Gasteiger partial charge in [-0.2, -0.15) is 0 Å². The summed E-state index contributed by atoms with van der Waals surface area (Å²) in [5.41, 5.74) is 6.73. The Morgan fingerprint density at radius 2 is 2.07 bits per heavy atom. The normalized spacial score (nSPS) is 14.1. The van der Waals surface area contributed by atoms with Gasteiger partial charge in [0.25, 0.3) is 0 Å². The summed E-state index contributed by atoms with van der Waals surface area (Å²) in [5.74, 6) is 0.548. The Balaban J connectivity index is 1.76. The van der Waals surface area contributed by atoms with Crippen molar-refractivity contribution in [2.24, 2.45) is 5.16 Å². The smallest absolute Gasteiger partial charge is 0.405 e. The van der Waals surface area contributed by atoms with Gasteiger partial charge in [0.2, 0.25) is 0 Å². The van der Waals surface area contributed by atoms with Crippen molar-refractivity contribution in [3.8, 4) is 22.5 Å². The van der Waals surface area contributed by atoms with Gasteiger partial charge in [-0.1, -0.05) is 17.3 Å². The van der Waals surface area contributed by atoms with Gasteiger partial charge in [0.05, 0.1) is 23.6 Å². The number of aromatic nitrogens is 3. The first kappa shape index (κ1) is 17.7. The van der Waals surface area contributed by atoms with Crippen molar-refractivity contribution in [3.05, 3.63) is 59.7 Å². The number of hydrogen-bond acceptors (Lipinski definition) is 5. The van der Waals surface area contributed by atoms with Crippen LogP contribution in [0.2, 0.25) is 0 Å². The molecule has 0 saturated heterocycles. The molecular weight excluding hydrogens is 358 g/mol. The number of fused-ring (bicyclic) bond motifs is 1. The predicted octanol–water partition coefficient (Wildman–Crippen LogP) is 3.20. The summed E-state index contributed by atoms with van der Waals surface area (Å²) in [4.78, 5) is 27.7. The summed E-state index contributed by atoms with van der Waals surface area (Å²) in [6.07, 6.45) is 4.08. The number of hydrogen-bond donors (Lipinski definition) is 3. The molecule has 0 unspecified atom stereocenters. The first-order chi connectivity index (χ1) is 13.7. The fourth-order valence-electron chi connectivity index (χ4n) is 3.42. The van der Waals surface area contributed by atoms with Gasteiger partial charge < -0.3 is 20.2 Å². The van der Waals surface area contributed by atoms with E-state index in [0.29, 0.717) is 5.82 Å². The summed E-state index contributed by atoms with van der Waals surface area (Å²) >= 11 is 0. The van der Waals surface area contributed by atoms with E-state index in [4.69, 9.17) is 9.94 Å². The number of aryl methyl sites for hydroxylation is 1. The van der Waals surface area contributed by atoms with Crippen molar-refractivity contribution < 1.29 is 14.7 Å². The molecule has 142 valence electrons. The maximum Gasteiger partial charge on any atom is 0.405 e. The molecular formula is C20H19N5O3. The van der Waals surface area contributed by atoms with Gasteiger partial charge in [-0.05, 0) is 36.6 Å². The Hall–Kier alpha value is -3.68. The number of H-pyrrole nitrogens is 1. The number of aromatic amines is 1. The second kappa shape index (κ2) is 7.51. The van der Waals surface area contributed by atoms with Crippen molar-refractivity contribution in [2.75, 3.05) is 7.11 Å². The number of amides is 1. The fraction of sp³-hybridized carbons (Fsp3) is 0.200. The molecule has 1 aromatic carbocycles. The SMILES string of the molecule is CON=C1CCc2cc(-c3nc(CNC(=O)O)[nH]c3-c3ccncc3)ccc21. The van der Waals surface area contributed by atoms with Crippen molar-refractivity contribution in [3.63, 3.8) is 0 Å². The topological polar surface area (TPSA) is 112 Å². The largest absolute Gasteiger partial charge is 0.465 e. The monoisotopic (exact) mass is 377 g/mol. The van der Waals surface area contributed by atoms with Crippen LogP contribution in [0.5, 0.6) is 0 Å². The standard InChI is InChI=1S/C20H19N5O3/c1-28-25-16-5-3-13-10-14(2-4-15(13)16)19-18(12-6-8-21-9-7-12)23-17(24-19)11-22-20(26)27/h2,4,6-10,22H,3,5,11H2,1H3,(H,23,24)(H,26,27). The van der Waals surface area contributed by atoms with Crippen molar-refractivity contribution in [2.45, 2.75) is 19.4 Å². The molecule has 2 heterocycles. The highest BCUT2D eigenvalue weighted by molar-refractivity contribution is 6.04. The summed E-state index contributed by atoms with van der Waals surface area (Å²) in [7, 11) is 1.55. The Bertz CT molecular complexity index is 1040. The average molecular weight is 377 g/mol. The number of oxime groups is 1. The lowest BCUT2D eigenvalue weighted by Gasteiger charge is -2.06. The molecule has 3 aromatic rings. The van der Waals surface area contributed by atoms with E-state index in [9.17, 15) is 4.79 Å². The van der Waals surface area contributed by atoms with Crippen LogP contribution in [-0.4, -0.2) is 39.0 Å². The summed E-state index contributed by atoms with van der Waals surface area (Å²) in [6, 6.07) is 9.94. The summed E-state index contributed by atoms with van der Waals surface area (Å²) < 4.78 is 0. The van der Waals surface area contributed by atoms with E-state index in [1.54, 1.807) is 19.5 Å². The van der Waals surface area contributed by atoms with Gasteiger partial charge >= 0.3 is 6.09 Å². The van der Waals surface area contributed by atoms with Crippen molar-refractivity contribution in [1.29, 1.82) is 0 Å². The molecule has 8 heteroatoms. The molecule has 1 aliphatic carbocycles. The lowest BCUT2D eigenvalue weighted by atomic mass is 10.0. The molecule has 28 heavy (non-hydrogen) atoms. The Morgan fingerprint density at radius 1 is 1.25 bits per heavy atom. The molecule has 1 amide bonds. The fourth-order valence-corrected chi connectivity index (χ4v) is 3.42. The molecule has 4 rings (SSSR count). The molecule has 0 atom stereocenters. The van der Waals surface area contributed by atoms with Gasteiger partial charge in [0.15, 0.2) is 0 Å². The minimum atomic E-state index is -1.09. The zero-order valence-electron chi connectivity index (χ0n) is 15.3. The van der Waals surface area contributed by atoms with E-state index in [1.165, 1.54) is 5.56 Å². The number of nitrogens with one attached hydrogen (secondary N) is 2. The van der Waals surface area contributed by atoms with Gasteiger partial charge in [-0.3, -0.25) is 4.98 Å². The number of benzene rings is 1. The van der Waals surface area contributed by atoms with Crippen LogP contribution in [0.1, 0.15) is 23.4 Å². The van der Waals surface area contributed by atoms with Crippen LogP contribution in [0.4, 0.5) is 4.79 Å². The number of carboxylic acid groups (broad SMARTS) is 1. The average Bonchev–Trinajstić information content (AvgIpc) is 3.31. The van der Waals surface area contributed by atoms with Crippen LogP contribution >= 0.6 is 0 Å². The minimum Gasteiger partial charge on any atom is -0.465 e. The molecule has 0 spiro atoms. The highest BCUT2D eigenvalue weighted by Crippen LogP contribution is 2.33. The number of nitrogens with zero attached hydrogens (tertiary/aromatic N) is 3. The Labute approximate surface area is 161 Å². The lowest BCUT2D eigenvalue weighted by Crippen LogP contribution is -2.20. The number of imidazole rings is 1.